The molecule has 2 aliphatic carbocycles. The second-order valence-electron chi connectivity index (χ2n) is 9.51. The van der Waals surface area contributed by atoms with Gasteiger partial charge in [-0.25, -0.2) is 0 Å². The fourth-order valence-electron chi connectivity index (χ4n) is 5.49. The molecule has 0 bridgehead atoms. The molecule has 1 heterocycles. The Morgan fingerprint density at radius 2 is 2.06 bits per heavy atom. The molecule has 1 saturated carbocycles. The van der Waals surface area contributed by atoms with Crippen molar-refractivity contribution >= 4 is 11.8 Å². The molecule has 4 heteroatoms. The summed E-state index contributed by atoms with van der Waals surface area (Å²) in [6.45, 7) is 7.33. The Morgan fingerprint density at radius 1 is 1.19 bits per heavy atom. The highest BCUT2D eigenvalue weighted by atomic mass is 32.2. The standard InChI is InChI=1S/C27H39NO2S/c1-21-5-4-7-22(17-21)6-2-3-8-25-26-19-23(18-24(26)20-27(25)29)9-15-31-16-12-28-10-13-30-14-11-28/h3-5,7-8,17-18,24-27,29H,2,6,9-16,19-20H2,1H3/b8-3+/t24-,25+,26-,27+/m0/s1. The van der Waals surface area contributed by atoms with Crippen molar-refractivity contribution in [3.05, 3.63) is 59.2 Å². The molecule has 3 nitrogen and oxygen atoms in total. The van der Waals surface area contributed by atoms with Crippen molar-refractivity contribution in [1.29, 1.82) is 0 Å². The van der Waals surface area contributed by atoms with Crippen LogP contribution in [0.5, 0.6) is 0 Å². The summed E-state index contributed by atoms with van der Waals surface area (Å²) in [5, 5.41) is 10.6. The van der Waals surface area contributed by atoms with E-state index >= 15 is 0 Å². The number of nitrogens with zero attached hydrogens (tertiary/aromatic N) is 1. The van der Waals surface area contributed by atoms with Crippen molar-refractivity contribution in [1.82, 2.24) is 4.90 Å². The summed E-state index contributed by atoms with van der Waals surface area (Å²) in [5.74, 6) is 4.01. The van der Waals surface area contributed by atoms with Crippen LogP contribution in [0, 0.1) is 24.7 Å². The summed E-state index contributed by atoms with van der Waals surface area (Å²) >= 11 is 2.09. The van der Waals surface area contributed by atoms with Crippen LogP contribution in [-0.2, 0) is 11.2 Å². The minimum Gasteiger partial charge on any atom is -0.392 e. The molecule has 1 aromatic rings. The summed E-state index contributed by atoms with van der Waals surface area (Å²) < 4.78 is 5.42. The van der Waals surface area contributed by atoms with Gasteiger partial charge in [-0.15, -0.1) is 0 Å². The summed E-state index contributed by atoms with van der Waals surface area (Å²) in [4.78, 5) is 2.52. The monoisotopic (exact) mass is 441 g/mol. The largest absolute Gasteiger partial charge is 0.392 e. The van der Waals surface area contributed by atoms with Crippen LogP contribution in [0.4, 0.5) is 0 Å². The van der Waals surface area contributed by atoms with E-state index in [4.69, 9.17) is 4.74 Å². The van der Waals surface area contributed by atoms with Gasteiger partial charge in [-0.2, -0.15) is 11.8 Å². The van der Waals surface area contributed by atoms with E-state index < -0.39 is 0 Å². The first-order chi connectivity index (χ1) is 15.2. The van der Waals surface area contributed by atoms with Gasteiger partial charge in [-0.05, 0) is 62.2 Å². The Labute approximate surface area is 192 Å². The summed E-state index contributed by atoms with van der Waals surface area (Å²) in [6, 6.07) is 8.79. The van der Waals surface area contributed by atoms with E-state index in [1.807, 2.05) is 0 Å². The second-order valence-corrected chi connectivity index (χ2v) is 10.7. The molecule has 0 spiro atoms. The first kappa shape index (κ1) is 23.1. The van der Waals surface area contributed by atoms with Crippen LogP contribution in [-0.4, -0.2) is 60.5 Å². The van der Waals surface area contributed by atoms with Gasteiger partial charge in [0, 0.05) is 31.3 Å². The Kier molecular flexibility index (Phi) is 8.71. The molecular weight excluding hydrogens is 402 g/mol. The molecule has 1 aliphatic heterocycles. The van der Waals surface area contributed by atoms with Gasteiger partial charge < -0.3 is 9.84 Å². The Morgan fingerprint density at radius 3 is 2.90 bits per heavy atom. The zero-order chi connectivity index (χ0) is 21.5. The van der Waals surface area contributed by atoms with Gasteiger partial charge in [0.25, 0.3) is 0 Å². The highest BCUT2D eigenvalue weighted by Gasteiger charge is 2.43. The number of aliphatic hydroxyl groups is 1. The smallest absolute Gasteiger partial charge is 0.0611 e. The molecule has 0 radical (unpaired) electrons. The van der Waals surface area contributed by atoms with Crippen LogP contribution >= 0.6 is 11.8 Å². The maximum Gasteiger partial charge on any atom is 0.0611 e. The van der Waals surface area contributed by atoms with Gasteiger partial charge in [0.2, 0.25) is 0 Å². The maximum absolute atomic E-state index is 10.6. The maximum atomic E-state index is 10.6. The van der Waals surface area contributed by atoms with Gasteiger partial charge in [0.15, 0.2) is 0 Å². The van der Waals surface area contributed by atoms with Crippen molar-refractivity contribution in [3.63, 3.8) is 0 Å². The van der Waals surface area contributed by atoms with Crippen LogP contribution in [0.2, 0.25) is 0 Å². The van der Waals surface area contributed by atoms with Gasteiger partial charge in [-0.3, -0.25) is 4.90 Å². The van der Waals surface area contributed by atoms with Crippen molar-refractivity contribution in [2.75, 3.05) is 44.4 Å². The number of ether oxygens (including phenoxy) is 1. The molecule has 2 fully saturated rings. The molecule has 3 aliphatic rings. The number of hydrogen-bond donors (Lipinski definition) is 1. The zero-order valence-corrected chi connectivity index (χ0v) is 19.9. The average molecular weight is 442 g/mol. The van der Waals surface area contributed by atoms with Crippen LogP contribution in [0.3, 0.4) is 0 Å². The van der Waals surface area contributed by atoms with Crippen LogP contribution in [0.15, 0.2) is 48.1 Å². The Balaban J connectivity index is 1.16. The molecule has 0 aromatic heterocycles. The van der Waals surface area contributed by atoms with Crippen LogP contribution in [0.25, 0.3) is 0 Å². The second kappa shape index (κ2) is 11.7. The zero-order valence-electron chi connectivity index (χ0n) is 19.0. The number of hydrogen-bond acceptors (Lipinski definition) is 4. The van der Waals surface area contributed by atoms with Crippen molar-refractivity contribution in [2.24, 2.45) is 17.8 Å². The SMILES string of the molecule is Cc1cccc(CC/C=C/[C@@H]2[C@H]3CC(CCSCCN4CCOCC4)=C[C@H]3C[C@H]2O)c1. The lowest BCUT2D eigenvalue weighted by Gasteiger charge is -2.26. The predicted octanol–water partition coefficient (Wildman–Crippen LogP) is 4.88. The molecule has 1 aromatic carbocycles. The van der Waals surface area contributed by atoms with E-state index in [-0.39, 0.29) is 6.10 Å². The topological polar surface area (TPSA) is 32.7 Å². The summed E-state index contributed by atoms with van der Waals surface area (Å²) in [7, 11) is 0. The predicted molar refractivity (Wildman–Crippen MR) is 132 cm³/mol. The van der Waals surface area contributed by atoms with E-state index in [9.17, 15) is 5.11 Å². The minimum absolute atomic E-state index is 0.161. The van der Waals surface area contributed by atoms with E-state index in [0.29, 0.717) is 17.8 Å². The molecule has 0 unspecified atom stereocenters. The van der Waals surface area contributed by atoms with Gasteiger partial charge in [-0.1, -0.05) is 53.6 Å². The van der Waals surface area contributed by atoms with Crippen LogP contribution in [0.1, 0.15) is 36.8 Å². The van der Waals surface area contributed by atoms with E-state index in [1.54, 1.807) is 5.57 Å². The molecule has 170 valence electrons. The lowest BCUT2D eigenvalue weighted by molar-refractivity contribution is 0.0410. The highest BCUT2D eigenvalue weighted by Crippen LogP contribution is 2.48. The van der Waals surface area contributed by atoms with E-state index in [0.717, 1.165) is 45.6 Å². The first-order valence-electron chi connectivity index (χ1n) is 12.2. The van der Waals surface area contributed by atoms with Gasteiger partial charge in [0.05, 0.1) is 19.3 Å². The van der Waals surface area contributed by atoms with Crippen molar-refractivity contribution in [2.45, 2.75) is 45.1 Å². The Hall–Kier alpha value is -1.07. The third kappa shape index (κ3) is 6.71. The molecule has 31 heavy (non-hydrogen) atoms. The third-order valence-corrected chi connectivity index (χ3v) is 8.18. The lowest BCUT2D eigenvalue weighted by atomic mass is 9.89. The van der Waals surface area contributed by atoms with Crippen molar-refractivity contribution in [3.8, 4) is 0 Å². The summed E-state index contributed by atoms with van der Waals surface area (Å²) in [5.41, 5.74) is 4.38. The molecule has 4 rings (SSSR count). The minimum atomic E-state index is -0.161. The fraction of sp³-hybridized carbons (Fsp3) is 0.630. The van der Waals surface area contributed by atoms with Crippen molar-refractivity contribution < 1.29 is 9.84 Å². The normalized spacial score (nSPS) is 28.9. The molecule has 1 saturated heterocycles. The molecular formula is C27H39NO2S. The van der Waals surface area contributed by atoms with Gasteiger partial charge in [0.1, 0.15) is 0 Å². The van der Waals surface area contributed by atoms with E-state index in [1.165, 1.54) is 42.0 Å². The average Bonchev–Trinajstić information content (AvgIpc) is 3.28. The number of morpholine rings is 1. The van der Waals surface area contributed by atoms with Gasteiger partial charge >= 0.3 is 0 Å². The summed E-state index contributed by atoms with van der Waals surface area (Å²) in [6.07, 6.45) is 12.5. The highest BCUT2D eigenvalue weighted by molar-refractivity contribution is 7.99. The number of aliphatic hydroxyl groups excluding tert-OH is 1. The third-order valence-electron chi connectivity index (χ3n) is 7.21. The van der Waals surface area contributed by atoms with Crippen LogP contribution < -0.4 is 0 Å². The molecule has 4 atom stereocenters. The Bertz CT molecular complexity index is 755. The lowest BCUT2D eigenvalue weighted by Crippen LogP contribution is -2.37. The number of benzene rings is 1. The molecule has 1 N–H and O–H groups in total. The number of rotatable bonds is 10. The number of fused-ring (bicyclic) bond motifs is 1. The quantitative estimate of drug-likeness (QED) is 0.414. The fourth-order valence-corrected chi connectivity index (χ4v) is 6.48. The molecule has 0 amide bonds. The number of aryl methyl sites for hydroxylation is 2. The van der Waals surface area contributed by atoms with E-state index in [2.05, 4.69) is 66.1 Å². The number of thioether (sulfide) groups is 1. The number of allylic oxidation sites excluding steroid dienone is 3. The first-order valence-corrected chi connectivity index (χ1v) is 13.3.